The van der Waals surface area contributed by atoms with Crippen LogP contribution in [-0.2, 0) is 16.6 Å². The van der Waals surface area contributed by atoms with Gasteiger partial charge in [-0.1, -0.05) is 18.2 Å². The maximum absolute atomic E-state index is 12.8. The number of hydrogen-bond donors (Lipinski definition) is 3. The Morgan fingerprint density at radius 3 is 2.50 bits per heavy atom. The van der Waals surface area contributed by atoms with Gasteiger partial charge in [0.2, 0.25) is 0 Å². The van der Waals surface area contributed by atoms with Gasteiger partial charge in [0, 0.05) is 35.8 Å². The molecule has 2 aromatic carbocycles. The van der Waals surface area contributed by atoms with Gasteiger partial charge in [-0.05, 0) is 18.2 Å². The molecule has 3 aromatic rings. The number of amides is 2. The minimum absolute atomic E-state index is 0.0300. The number of carbonyl (C=O) groups excluding carboxylic acids is 2. The lowest BCUT2D eigenvalue weighted by atomic mass is 9.94. The molecule has 0 saturated heterocycles. The fourth-order valence-electron chi connectivity index (χ4n) is 3.72. The van der Waals surface area contributed by atoms with Crippen LogP contribution in [0.3, 0.4) is 0 Å². The van der Waals surface area contributed by atoms with E-state index in [0.29, 0.717) is 10.9 Å². The number of aliphatic hydroxyl groups is 2. The number of nitro groups is 1. The van der Waals surface area contributed by atoms with Gasteiger partial charge in [-0.15, -0.1) is 0 Å². The number of nitro benzene ring substituents is 1. The van der Waals surface area contributed by atoms with Crippen LogP contribution in [0.15, 0.2) is 48.7 Å². The lowest BCUT2D eigenvalue weighted by Crippen LogP contribution is -2.23. The van der Waals surface area contributed by atoms with E-state index in [9.17, 15) is 24.8 Å². The van der Waals surface area contributed by atoms with Crippen LogP contribution in [0.25, 0.3) is 22.0 Å². The number of ether oxygens (including phenoxy) is 1. The summed E-state index contributed by atoms with van der Waals surface area (Å²) >= 11 is 0. The third kappa shape index (κ3) is 3.61. The first-order valence-corrected chi connectivity index (χ1v) is 9.66. The second-order valence-corrected chi connectivity index (χ2v) is 7.29. The van der Waals surface area contributed by atoms with Gasteiger partial charge in [0.05, 0.1) is 28.2 Å². The molecule has 1 unspecified atom stereocenters. The van der Waals surface area contributed by atoms with Gasteiger partial charge in [-0.2, -0.15) is 0 Å². The molecule has 0 radical (unpaired) electrons. The highest BCUT2D eigenvalue weighted by atomic mass is 16.6. The first kappa shape index (κ1) is 21.2. The molecule has 1 aromatic heterocycles. The minimum Gasteiger partial charge on any atom is -0.491 e. The summed E-state index contributed by atoms with van der Waals surface area (Å²) in [5.74, 6) is -1.28. The Balaban J connectivity index is 1.94. The van der Waals surface area contributed by atoms with E-state index in [1.807, 2.05) is 12.1 Å². The number of aryl methyl sites for hydroxylation is 1. The van der Waals surface area contributed by atoms with Gasteiger partial charge >= 0.3 is 0 Å². The highest BCUT2D eigenvalue weighted by Crippen LogP contribution is 2.39. The number of fused-ring (bicyclic) bond motifs is 1. The number of aromatic nitrogens is 1. The smallest absolute Gasteiger partial charge is 0.277 e. The number of rotatable bonds is 7. The van der Waals surface area contributed by atoms with E-state index >= 15 is 0 Å². The standard InChI is InChI=1S/C22H19N3O7/c1-24-9-16(14-4-2-3-5-17(14)24)20-19(21(28)23-22(20)29)15-8-13(32-11-12(27)10-26)6-7-18(15)25(30)31/h2-9,12,26-27H,10-11H2,1H3,(H,23,28,29). The predicted molar refractivity (Wildman–Crippen MR) is 115 cm³/mol. The number of carbonyl (C=O) groups is 2. The number of imide groups is 1. The van der Waals surface area contributed by atoms with Crippen LogP contribution >= 0.6 is 0 Å². The molecule has 0 aliphatic carbocycles. The van der Waals surface area contributed by atoms with Crippen LogP contribution in [0.5, 0.6) is 5.75 Å². The van der Waals surface area contributed by atoms with Crippen molar-refractivity contribution in [1.82, 2.24) is 9.88 Å². The molecular formula is C22H19N3O7. The van der Waals surface area contributed by atoms with Crippen molar-refractivity contribution in [3.05, 3.63) is 69.9 Å². The van der Waals surface area contributed by atoms with Gasteiger partial charge in [0.25, 0.3) is 17.5 Å². The van der Waals surface area contributed by atoms with Crippen molar-refractivity contribution in [2.75, 3.05) is 13.2 Å². The van der Waals surface area contributed by atoms with Crippen LogP contribution in [-0.4, -0.2) is 50.8 Å². The second kappa shape index (κ2) is 8.25. The Morgan fingerprint density at radius 1 is 1.12 bits per heavy atom. The molecule has 1 atom stereocenters. The van der Waals surface area contributed by atoms with E-state index in [0.717, 1.165) is 5.52 Å². The summed E-state index contributed by atoms with van der Waals surface area (Å²) in [6, 6.07) is 11.1. The molecule has 0 spiro atoms. The van der Waals surface area contributed by atoms with Crippen molar-refractivity contribution in [3.8, 4) is 5.75 Å². The van der Waals surface area contributed by atoms with Gasteiger partial charge in [0.1, 0.15) is 18.5 Å². The lowest BCUT2D eigenvalue weighted by molar-refractivity contribution is -0.385. The van der Waals surface area contributed by atoms with E-state index in [1.165, 1.54) is 18.2 Å². The Bertz CT molecular complexity index is 1290. The Kier molecular flexibility index (Phi) is 5.47. The maximum Gasteiger partial charge on any atom is 0.277 e. The van der Waals surface area contributed by atoms with Gasteiger partial charge in [-0.25, -0.2) is 0 Å². The summed E-state index contributed by atoms with van der Waals surface area (Å²) in [6.07, 6.45) is 0.553. The number of nitrogens with zero attached hydrogens (tertiary/aromatic N) is 2. The summed E-state index contributed by atoms with van der Waals surface area (Å²) in [4.78, 5) is 36.6. The molecule has 2 heterocycles. The molecule has 0 bridgehead atoms. The lowest BCUT2D eigenvalue weighted by Gasteiger charge is -2.12. The summed E-state index contributed by atoms with van der Waals surface area (Å²) in [5.41, 5.74) is 0.729. The molecule has 3 N–H and O–H groups in total. The SMILES string of the molecule is Cn1cc(C2=C(c3cc(OCC(O)CO)ccc3[N+](=O)[O-])C(=O)NC2=O)c2ccccc21. The van der Waals surface area contributed by atoms with E-state index < -0.39 is 29.4 Å². The summed E-state index contributed by atoms with van der Waals surface area (Å²) < 4.78 is 7.20. The summed E-state index contributed by atoms with van der Waals surface area (Å²) in [6.45, 7) is -0.777. The van der Waals surface area contributed by atoms with Crippen molar-refractivity contribution in [3.63, 3.8) is 0 Å². The maximum atomic E-state index is 12.8. The molecule has 1 aliphatic heterocycles. The first-order chi connectivity index (χ1) is 15.3. The number of hydrogen-bond acceptors (Lipinski definition) is 7. The Morgan fingerprint density at radius 2 is 1.81 bits per heavy atom. The average Bonchev–Trinajstić information content (AvgIpc) is 3.26. The minimum atomic E-state index is -1.14. The van der Waals surface area contributed by atoms with Crippen LogP contribution < -0.4 is 10.1 Å². The van der Waals surface area contributed by atoms with E-state index in [1.54, 1.807) is 29.9 Å². The number of benzene rings is 2. The highest BCUT2D eigenvalue weighted by Gasteiger charge is 2.37. The normalized spacial score (nSPS) is 14.7. The number of nitrogens with one attached hydrogen (secondary N) is 1. The van der Waals surface area contributed by atoms with Gasteiger partial charge in [-0.3, -0.25) is 25.0 Å². The summed E-state index contributed by atoms with van der Waals surface area (Å²) in [5, 5.41) is 33.1. The predicted octanol–water partition coefficient (Wildman–Crippen LogP) is 1.39. The van der Waals surface area contributed by atoms with Crippen molar-refractivity contribution < 1.29 is 29.5 Å². The third-order valence-electron chi connectivity index (χ3n) is 5.18. The molecular weight excluding hydrogens is 418 g/mol. The van der Waals surface area contributed by atoms with E-state index in [-0.39, 0.29) is 34.8 Å². The van der Waals surface area contributed by atoms with Crippen molar-refractivity contribution in [2.45, 2.75) is 6.10 Å². The number of para-hydroxylation sites is 1. The fourth-order valence-corrected chi connectivity index (χ4v) is 3.72. The quantitative estimate of drug-likeness (QED) is 0.288. The molecule has 164 valence electrons. The first-order valence-electron chi connectivity index (χ1n) is 9.66. The molecule has 2 amide bonds. The highest BCUT2D eigenvalue weighted by molar-refractivity contribution is 6.50. The van der Waals surface area contributed by atoms with Crippen molar-refractivity contribution in [1.29, 1.82) is 0 Å². The fraction of sp³-hybridized carbons (Fsp3) is 0.182. The molecule has 4 rings (SSSR count). The van der Waals surface area contributed by atoms with Crippen LogP contribution in [0.2, 0.25) is 0 Å². The van der Waals surface area contributed by atoms with Crippen molar-refractivity contribution in [2.24, 2.45) is 7.05 Å². The molecule has 0 fully saturated rings. The van der Waals surface area contributed by atoms with Gasteiger partial charge < -0.3 is 19.5 Å². The number of aliphatic hydroxyl groups excluding tert-OH is 2. The topological polar surface area (TPSA) is 144 Å². The molecule has 10 heteroatoms. The largest absolute Gasteiger partial charge is 0.491 e. The Hall–Kier alpha value is -4.02. The van der Waals surface area contributed by atoms with E-state index in [4.69, 9.17) is 9.84 Å². The van der Waals surface area contributed by atoms with Gasteiger partial charge in [0.15, 0.2) is 0 Å². The van der Waals surface area contributed by atoms with Crippen LogP contribution in [0.1, 0.15) is 11.1 Å². The van der Waals surface area contributed by atoms with Crippen molar-refractivity contribution >= 4 is 39.6 Å². The zero-order valence-corrected chi connectivity index (χ0v) is 16.9. The molecule has 0 saturated carbocycles. The molecule has 1 aliphatic rings. The average molecular weight is 437 g/mol. The molecule has 10 nitrogen and oxygen atoms in total. The Labute approximate surface area is 181 Å². The zero-order valence-electron chi connectivity index (χ0n) is 16.9. The second-order valence-electron chi connectivity index (χ2n) is 7.29. The summed E-state index contributed by atoms with van der Waals surface area (Å²) in [7, 11) is 1.80. The third-order valence-corrected chi connectivity index (χ3v) is 5.18. The molecule has 32 heavy (non-hydrogen) atoms. The van der Waals surface area contributed by atoms with Crippen LogP contribution in [0, 0.1) is 10.1 Å². The monoisotopic (exact) mass is 437 g/mol. The zero-order chi connectivity index (χ0) is 23.0. The van der Waals surface area contributed by atoms with E-state index in [2.05, 4.69) is 5.32 Å². The van der Waals surface area contributed by atoms with Crippen LogP contribution in [0.4, 0.5) is 5.69 Å².